The van der Waals surface area contributed by atoms with Gasteiger partial charge in [-0.1, -0.05) is 19.1 Å². The first-order chi connectivity index (χ1) is 8.22. The molecule has 0 bridgehead atoms. The summed E-state index contributed by atoms with van der Waals surface area (Å²) in [4.78, 5) is 10.8. The fourth-order valence-corrected chi connectivity index (χ4v) is 1.46. The third-order valence-corrected chi connectivity index (χ3v) is 2.09. The minimum atomic E-state index is -4.71. The van der Waals surface area contributed by atoms with Crippen LogP contribution in [0, 0.1) is 0 Å². The Kier molecular flexibility index (Phi) is 4.28. The minimum absolute atomic E-state index is 0.215. The molecule has 102 valence electrons. The third kappa shape index (κ3) is 3.69. The maximum atomic E-state index is 11.8. The average molecular weight is 267 g/mol. The molecule has 0 spiro atoms. The SMILES string of the molecule is CC(C)c1c(C(=O)O)nnn1CCOC(F)(F)F. The van der Waals surface area contributed by atoms with Crippen molar-refractivity contribution in [2.45, 2.75) is 32.7 Å². The van der Waals surface area contributed by atoms with Gasteiger partial charge in [0.1, 0.15) is 0 Å². The Morgan fingerprint density at radius 2 is 2.11 bits per heavy atom. The van der Waals surface area contributed by atoms with Gasteiger partial charge in [-0.25, -0.2) is 9.48 Å². The van der Waals surface area contributed by atoms with E-state index in [2.05, 4.69) is 15.0 Å². The Morgan fingerprint density at radius 3 is 2.56 bits per heavy atom. The van der Waals surface area contributed by atoms with E-state index in [9.17, 15) is 18.0 Å². The van der Waals surface area contributed by atoms with Gasteiger partial charge in [-0.2, -0.15) is 0 Å². The van der Waals surface area contributed by atoms with E-state index in [0.717, 1.165) is 4.68 Å². The summed E-state index contributed by atoms with van der Waals surface area (Å²) in [5.74, 6) is -1.49. The number of carboxylic acids is 1. The molecule has 1 aromatic heterocycles. The summed E-state index contributed by atoms with van der Waals surface area (Å²) in [6.07, 6.45) is -4.71. The summed E-state index contributed by atoms with van der Waals surface area (Å²) in [5.41, 5.74) is 0.0188. The smallest absolute Gasteiger partial charge is 0.476 e. The summed E-state index contributed by atoms with van der Waals surface area (Å²) in [7, 11) is 0. The quantitative estimate of drug-likeness (QED) is 0.877. The highest BCUT2D eigenvalue weighted by atomic mass is 19.4. The molecule has 1 heterocycles. The van der Waals surface area contributed by atoms with Crippen LogP contribution >= 0.6 is 0 Å². The van der Waals surface area contributed by atoms with Crippen LogP contribution in [0.25, 0.3) is 0 Å². The molecule has 6 nitrogen and oxygen atoms in total. The van der Waals surface area contributed by atoms with Crippen LogP contribution in [0.4, 0.5) is 13.2 Å². The molecule has 9 heteroatoms. The van der Waals surface area contributed by atoms with E-state index in [1.54, 1.807) is 13.8 Å². The zero-order valence-corrected chi connectivity index (χ0v) is 9.73. The van der Waals surface area contributed by atoms with E-state index >= 15 is 0 Å². The van der Waals surface area contributed by atoms with Gasteiger partial charge in [-0.05, 0) is 5.92 Å². The van der Waals surface area contributed by atoms with Gasteiger partial charge in [0.05, 0.1) is 18.8 Å². The van der Waals surface area contributed by atoms with Crippen LogP contribution in [0.15, 0.2) is 0 Å². The molecule has 1 rings (SSSR count). The van der Waals surface area contributed by atoms with Crippen LogP contribution in [-0.2, 0) is 11.3 Å². The Balaban J connectivity index is 2.80. The molecule has 1 N–H and O–H groups in total. The van der Waals surface area contributed by atoms with E-state index in [1.807, 2.05) is 0 Å². The number of aromatic carboxylic acids is 1. The summed E-state index contributed by atoms with van der Waals surface area (Å²) >= 11 is 0. The summed E-state index contributed by atoms with van der Waals surface area (Å²) in [6, 6.07) is 0. The van der Waals surface area contributed by atoms with Crippen LogP contribution in [0.1, 0.15) is 35.9 Å². The first-order valence-corrected chi connectivity index (χ1v) is 5.09. The number of aromatic nitrogens is 3. The molecule has 0 radical (unpaired) electrons. The first-order valence-electron chi connectivity index (χ1n) is 5.09. The van der Waals surface area contributed by atoms with Crippen molar-refractivity contribution >= 4 is 5.97 Å². The summed E-state index contributed by atoms with van der Waals surface area (Å²) < 4.78 is 40.1. The Bertz CT molecular complexity index is 428. The number of halogens is 3. The van der Waals surface area contributed by atoms with Crippen molar-refractivity contribution in [2.75, 3.05) is 6.61 Å². The molecular formula is C9H12F3N3O3. The van der Waals surface area contributed by atoms with Crippen molar-refractivity contribution in [3.8, 4) is 0 Å². The first kappa shape index (κ1) is 14.4. The maximum absolute atomic E-state index is 11.8. The van der Waals surface area contributed by atoms with Crippen molar-refractivity contribution < 1.29 is 27.8 Å². The zero-order valence-electron chi connectivity index (χ0n) is 9.73. The van der Waals surface area contributed by atoms with Gasteiger partial charge >= 0.3 is 12.3 Å². The molecule has 0 aromatic carbocycles. The van der Waals surface area contributed by atoms with Crippen LogP contribution in [0.2, 0.25) is 0 Å². The van der Waals surface area contributed by atoms with E-state index in [-0.39, 0.29) is 23.9 Å². The molecule has 0 aliphatic rings. The number of carbonyl (C=O) groups is 1. The van der Waals surface area contributed by atoms with Crippen molar-refractivity contribution in [2.24, 2.45) is 0 Å². The topological polar surface area (TPSA) is 77.2 Å². The maximum Gasteiger partial charge on any atom is 0.522 e. The fraction of sp³-hybridized carbons (Fsp3) is 0.667. The van der Waals surface area contributed by atoms with Gasteiger partial charge < -0.3 is 5.11 Å². The van der Waals surface area contributed by atoms with Crippen molar-refractivity contribution in [1.82, 2.24) is 15.0 Å². The monoisotopic (exact) mass is 267 g/mol. The second-order valence-electron chi connectivity index (χ2n) is 3.80. The van der Waals surface area contributed by atoms with Crippen molar-refractivity contribution in [3.63, 3.8) is 0 Å². The van der Waals surface area contributed by atoms with Crippen molar-refractivity contribution in [3.05, 3.63) is 11.4 Å². The van der Waals surface area contributed by atoms with Crippen LogP contribution in [0.3, 0.4) is 0 Å². The van der Waals surface area contributed by atoms with E-state index < -0.39 is 18.9 Å². The van der Waals surface area contributed by atoms with Gasteiger partial charge in [-0.3, -0.25) is 4.74 Å². The Morgan fingerprint density at radius 1 is 1.50 bits per heavy atom. The molecule has 0 amide bonds. The normalized spacial score (nSPS) is 12.1. The standard InChI is InChI=1S/C9H12F3N3O3/c1-5(2)7-6(8(16)17)13-14-15(7)3-4-18-9(10,11)12/h5H,3-4H2,1-2H3,(H,16,17). The molecule has 0 saturated carbocycles. The lowest BCUT2D eigenvalue weighted by atomic mass is 10.1. The van der Waals surface area contributed by atoms with Gasteiger partial charge in [0.2, 0.25) is 0 Å². The number of ether oxygens (including phenoxy) is 1. The van der Waals surface area contributed by atoms with E-state index in [1.165, 1.54) is 0 Å². The number of hydrogen-bond acceptors (Lipinski definition) is 4. The molecule has 1 aromatic rings. The predicted molar refractivity (Wildman–Crippen MR) is 53.1 cm³/mol. The van der Waals surface area contributed by atoms with Gasteiger partial charge in [0, 0.05) is 0 Å². The van der Waals surface area contributed by atoms with Crippen LogP contribution < -0.4 is 0 Å². The molecule has 0 saturated heterocycles. The van der Waals surface area contributed by atoms with Gasteiger partial charge in [-0.15, -0.1) is 18.3 Å². The minimum Gasteiger partial charge on any atom is -0.476 e. The van der Waals surface area contributed by atoms with Crippen molar-refractivity contribution in [1.29, 1.82) is 0 Å². The number of hydrogen-bond donors (Lipinski definition) is 1. The predicted octanol–water partition coefficient (Wildman–Crippen LogP) is 1.64. The number of carboxylic acid groups (broad SMARTS) is 1. The highest BCUT2D eigenvalue weighted by molar-refractivity contribution is 5.86. The van der Waals surface area contributed by atoms with E-state index in [0.29, 0.717) is 0 Å². The van der Waals surface area contributed by atoms with E-state index in [4.69, 9.17) is 5.11 Å². The summed E-state index contributed by atoms with van der Waals surface area (Å²) in [6.45, 7) is 2.54. The van der Waals surface area contributed by atoms with Gasteiger partial charge in [0.15, 0.2) is 5.69 Å². The van der Waals surface area contributed by atoms with Crippen LogP contribution in [-0.4, -0.2) is 39.0 Å². The third-order valence-electron chi connectivity index (χ3n) is 2.09. The second kappa shape index (κ2) is 5.34. The fourth-order valence-electron chi connectivity index (χ4n) is 1.46. The van der Waals surface area contributed by atoms with Gasteiger partial charge in [0.25, 0.3) is 0 Å². The lowest BCUT2D eigenvalue weighted by molar-refractivity contribution is -0.325. The molecule has 0 aliphatic carbocycles. The average Bonchev–Trinajstić information content (AvgIpc) is 2.59. The molecule has 0 atom stereocenters. The highest BCUT2D eigenvalue weighted by Gasteiger charge is 2.29. The van der Waals surface area contributed by atoms with Crippen LogP contribution in [0.5, 0.6) is 0 Å². The zero-order chi connectivity index (χ0) is 13.9. The highest BCUT2D eigenvalue weighted by Crippen LogP contribution is 2.19. The molecule has 18 heavy (non-hydrogen) atoms. The molecule has 0 unspecified atom stereocenters. The molecular weight excluding hydrogens is 255 g/mol. The Hall–Kier alpha value is -1.64. The number of alkyl halides is 3. The second-order valence-corrected chi connectivity index (χ2v) is 3.80. The lowest BCUT2D eigenvalue weighted by Crippen LogP contribution is -2.19. The Labute approximate surface area is 100 Å². The number of nitrogens with zero attached hydrogens (tertiary/aromatic N) is 3. The lowest BCUT2D eigenvalue weighted by Gasteiger charge is -2.11. The molecule has 0 aliphatic heterocycles. The largest absolute Gasteiger partial charge is 0.522 e. The molecule has 0 fully saturated rings. The summed E-state index contributed by atoms with van der Waals surface area (Å²) in [5, 5.41) is 15.8. The number of rotatable bonds is 5.